The Morgan fingerprint density at radius 3 is 2.18 bits per heavy atom. The van der Waals surface area contributed by atoms with Gasteiger partial charge in [-0.25, -0.2) is 9.59 Å². The number of aliphatic hydroxyl groups is 1. The molecule has 0 aromatic rings. The van der Waals surface area contributed by atoms with Gasteiger partial charge in [-0.3, -0.25) is 14.4 Å². The predicted molar refractivity (Wildman–Crippen MR) is 118 cm³/mol. The third-order valence-electron chi connectivity index (χ3n) is 5.40. The van der Waals surface area contributed by atoms with Crippen LogP contribution in [0.2, 0.25) is 0 Å². The van der Waals surface area contributed by atoms with E-state index in [1.165, 1.54) is 13.0 Å². The standard InChI is InChI=1S/C22H34N2O10/c1-5-14(6-2)34-16-9-13(20(29)33-7-3)8-15(19(16)23-12(4)25)24-17(26)10-22(32,21(30)31)11-18(27)28/h9,14-16,19,32H,5-8,10-11H2,1-4H3,(H,23,25)(H,24,26)(H,27,28)(H,30,31)/t15-,16+,19+,22?/m0/s1. The molecule has 0 heterocycles. The Bertz CT molecular complexity index is 808. The molecule has 0 fully saturated rings. The maximum Gasteiger partial charge on any atom is 0.336 e. The smallest absolute Gasteiger partial charge is 0.336 e. The number of hydrogen-bond donors (Lipinski definition) is 5. The molecule has 1 aliphatic rings. The first-order valence-corrected chi connectivity index (χ1v) is 11.1. The van der Waals surface area contributed by atoms with Crippen LogP contribution in [0, 0.1) is 0 Å². The Morgan fingerprint density at radius 2 is 1.71 bits per heavy atom. The zero-order valence-corrected chi connectivity index (χ0v) is 19.8. The summed E-state index contributed by atoms with van der Waals surface area (Å²) in [7, 11) is 0. The van der Waals surface area contributed by atoms with Crippen LogP contribution in [0.1, 0.15) is 59.8 Å². The molecular weight excluding hydrogens is 452 g/mol. The van der Waals surface area contributed by atoms with Crippen LogP contribution < -0.4 is 10.6 Å². The number of amides is 2. The monoisotopic (exact) mass is 486 g/mol. The number of carboxylic acid groups (broad SMARTS) is 2. The van der Waals surface area contributed by atoms with Gasteiger partial charge in [0.05, 0.1) is 43.7 Å². The van der Waals surface area contributed by atoms with E-state index < -0.39 is 66.4 Å². The van der Waals surface area contributed by atoms with Crippen molar-refractivity contribution in [1.29, 1.82) is 0 Å². The number of aliphatic carboxylic acids is 2. The first-order chi connectivity index (χ1) is 15.9. The number of nitrogens with one attached hydrogen (secondary N) is 2. The summed E-state index contributed by atoms with van der Waals surface area (Å²) in [6.07, 6.45) is -0.480. The van der Waals surface area contributed by atoms with E-state index in [0.29, 0.717) is 12.8 Å². The van der Waals surface area contributed by atoms with Gasteiger partial charge in [0.25, 0.3) is 0 Å². The second-order valence-electron chi connectivity index (χ2n) is 8.14. The predicted octanol–water partition coefficient (Wildman–Crippen LogP) is 0.123. The highest BCUT2D eigenvalue weighted by atomic mass is 16.5. The van der Waals surface area contributed by atoms with E-state index in [-0.39, 0.29) is 24.7 Å². The summed E-state index contributed by atoms with van der Waals surface area (Å²) in [5, 5.41) is 33.6. The van der Waals surface area contributed by atoms with Crippen LogP contribution in [0.3, 0.4) is 0 Å². The lowest BCUT2D eigenvalue weighted by atomic mass is 9.86. The number of carbonyl (C=O) groups excluding carboxylic acids is 3. The molecule has 0 saturated carbocycles. The van der Waals surface area contributed by atoms with Crippen molar-refractivity contribution in [1.82, 2.24) is 10.6 Å². The van der Waals surface area contributed by atoms with Crippen LogP contribution in [-0.4, -0.2) is 81.5 Å². The number of rotatable bonds is 13. The fourth-order valence-electron chi connectivity index (χ4n) is 3.71. The largest absolute Gasteiger partial charge is 0.481 e. The van der Waals surface area contributed by atoms with Crippen molar-refractivity contribution in [2.45, 2.75) is 89.7 Å². The number of esters is 1. The fourth-order valence-corrected chi connectivity index (χ4v) is 3.71. The van der Waals surface area contributed by atoms with Gasteiger partial charge in [-0.15, -0.1) is 0 Å². The van der Waals surface area contributed by atoms with Gasteiger partial charge < -0.3 is 35.4 Å². The van der Waals surface area contributed by atoms with E-state index >= 15 is 0 Å². The van der Waals surface area contributed by atoms with Crippen LogP contribution in [0.4, 0.5) is 0 Å². The molecule has 1 rings (SSSR count). The van der Waals surface area contributed by atoms with Crippen molar-refractivity contribution in [3.05, 3.63) is 11.6 Å². The molecule has 0 aromatic carbocycles. The molecule has 1 unspecified atom stereocenters. The first kappa shape index (κ1) is 29.0. The van der Waals surface area contributed by atoms with Crippen molar-refractivity contribution in [2.75, 3.05) is 6.61 Å². The highest BCUT2D eigenvalue weighted by Crippen LogP contribution is 2.26. The van der Waals surface area contributed by atoms with E-state index in [4.69, 9.17) is 14.6 Å². The minimum Gasteiger partial charge on any atom is -0.481 e. The molecule has 0 saturated heterocycles. The molecule has 0 aliphatic heterocycles. The summed E-state index contributed by atoms with van der Waals surface area (Å²) in [5.41, 5.74) is -2.64. The lowest BCUT2D eigenvalue weighted by Gasteiger charge is -2.39. The third kappa shape index (κ3) is 8.41. The molecule has 34 heavy (non-hydrogen) atoms. The molecule has 192 valence electrons. The zero-order chi connectivity index (χ0) is 26.1. The second-order valence-corrected chi connectivity index (χ2v) is 8.14. The average Bonchev–Trinajstić information content (AvgIpc) is 2.72. The van der Waals surface area contributed by atoms with E-state index in [1.807, 2.05) is 13.8 Å². The Labute approximate surface area is 197 Å². The van der Waals surface area contributed by atoms with Crippen LogP contribution in [-0.2, 0) is 33.4 Å². The molecule has 5 N–H and O–H groups in total. The van der Waals surface area contributed by atoms with E-state index in [0.717, 1.165) is 0 Å². The molecule has 2 amide bonds. The number of carboxylic acids is 2. The molecule has 0 aromatic heterocycles. The van der Waals surface area contributed by atoms with Crippen molar-refractivity contribution in [3.8, 4) is 0 Å². The topological polar surface area (TPSA) is 189 Å². The Hall–Kier alpha value is -2.99. The molecule has 12 nitrogen and oxygen atoms in total. The van der Waals surface area contributed by atoms with Crippen LogP contribution >= 0.6 is 0 Å². The summed E-state index contributed by atoms with van der Waals surface area (Å²) in [6, 6.07) is -1.75. The zero-order valence-electron chi connectivity index (χ0n) is 19.8. The highest BCUT2D eigenvalue weighted by molar-refractivity contribution is 5.91. The fraction of sp³-hybridized carbons (Fsp3) is 0.682. The summed E-state index contributed by atoms with van der Waals surface area (Å²) in [6.45, 7) is 6.84. The van der Waals surface area contributed by atoms with E-state index in [1.54, 1.807) is 6.92 Å². The van der Waals surface area contributed by atoms with Crippen molar-refractivity contribution in [3.63, 3.8) is 0 Å². The minimum atomic E-state index is -2.83. The second kappa shape index (κ2) is 13.0. The summed E-state index contributed by atoms with van der Waals surface area (Å²) < 4.78 is 11.2. The number of hydrogen-bond acceptors (Lipinski definition) is 8. The summed E-state index contributed by atoms with van der Waals surface area (Å²) in [4.78, 5) is 59.4. The molecule has 0 radical (unpaired) electrons. The van der Waals surface area contributed by atoms with Gasteiger partial charge in [0.2, 0.25) is 11.8 Å². The van der Waals surface area contributed by atoms with Gasteiger partial charge in [0.1, 0.15) is 0 Å². The number of ether oxygens (including phenoxy) is 2. The lowest BCUT2D eigenvalue weighted by molar-refractivity contribution is -0.167. The number of carbonyl (C=O) groups is 5. The molecule has 1 aliphatic carbocycles. The van der Waals surface area contributed by atoms with Gasteiger partial charge in [-0.05, 0) is 25.8 Å². The van der Waals surface area contributed by atoms with E-state index in [9.17, 15) is 34.2 Å². The van der Waals surface area contributed by atoms with Crippen LogP contribution in [0.15, 0.2) is 11.6 Å². The summed E-state index contributed by atoms with van der Waals surface area (Å²) in [5.74, 6) is -5.50. The average molecular weight is 487 g/mol. The first-order valence-electron chi connectivity index (χ1n) is 11.1. The van der Waals surface area contributed by atoms with Gasteiger partial charge >= 0.3 is 17.9 Å². The maximum atomic E-state index is 12.7. The molecule has 0 bridgehead atoms. The Kier molecular flexibility index (Phi) is 11.1. The molecular formula is C22H34N2O10. The van der Waals surface area contributed by atoms with Crippen LogP contribution in [0.5, 0.6) is 0 Å². The quantitative estimate of drug-likeness (QED) is 0.224. The Morgan fingerprint density at radius 1 is 1.09 bits per heavy atom. The van der Waals surface area contributed by atoms with Crippen LogP contribution in [0.25, 0.3) is 0 Å². The normalized spacial score (nSPS) is 21.7. The van der Waals surface area contributed by atoms with Crippen molar-refractivity contribution < 1.29 is 48.8 Å². The lowest BCUT2D eigenvalue weighted by Crippen LogP contribution is -2.60. The SMILES string of the molecule is CCOC(=O)C1=C[C@@H](OC(CC)CC)[C@H](NC(C)=O)[C@@H](NC(=O)CC(O)(CC(=O)O)C(=O)O)C1. The van der Waals surface area contributed by atoms with Gasteiger partial charge in [-0.1, -0.05) is 13.8 Å². The van der Waals surface area contributed by atoms with Gasteiger partial charge in [0, 0.05) is 18.9 Å². The van der Waals surface area contributed by atoms with Crippen molar-refractivity contribution in [2.24, 2.45) is 0 Å². The van der Waals surface area contributed by atoms with Gasteiger partial charge in [0.15, 0.2) is 5.60 Å². The van der Waals surface area contributed by atoms with Crippen molar-refractivity contribution >= 4 is 29.7 Å². The third-order valence-corrected chi connectivity index (χ3v) is 5.40. The minimum absolute atomic E-state index is 0.0667. The molecule has 0 spiro atoms. The Balaban J connectivity index is 3.27. The van der Waals surface area contributed by atoms with E-state index in [2.05, 4.69) is 10.6 Å². The summed E-state index contributed by atoms with van der Waals surface area (Å²) >= 11 is 0. The molecule has 4 atom stereocenters. The highest BCUT2D eigenvalue weighted by Gasteiger charge is 2.43. The maximum absolute atomic E-state index is 12.7. The van der Waals surface area contributed by atoms with Gasteiger partial charge in [-0.2, -0.15) is 0 Å². The molecule has 12 heteroatoms.